The molecule has 0 bridgehead atoms. The van der Waals surface area contributed by atoms with Crippen molar-refractivity contribution < 1.29 is 4.79 Å². The number of carbonyl (C=O) groups is 1. The zero-order chi connectivity index (χ0) is 21.7. The number of thiophene rings is 1. The summed E-state index contributed by atoms with van der Waals surface area (Å²) in [6.07, 6.45) is 10.5. The van der Waals surface area contributed by atoms with Gasteiger partial charge in [-0.25, -0.2) is 4.98 Å². The first kappa shape index (κ1) is 20.2. The molecule has 1 fully saturated rings. The summed E-state index contributed by atoms with van der Waals surface area (Å²) in [7, 11) is 0. The van der Waals surface area contributed by atoms with E-state index in [2.05, 4.69) is 4.98 Å². The maximum absolute atomic E-state index is 13.7. The van der Waals surface area contributed by atoms with Crippen molar-refractivity contribution in [1.29, 1.82) is 0 Å². The summed E-state index contributed by atoms with van der Waals surface area (Å²) < 4.78 is 1.93. The van der Waals surface area contributed by atoms with Crippen molar-refractivity contribution in [1.82, 2.24) is 14.5 Å². The highest BCUT2D eigenvalue weighted by Gasteiger charge is 2.27. The third-order valence-electron chi connectivity index (χ3n) is 6.90. The van der Waals surface area contributed by atoms with Crippen LogP contribution < -0.4 is 5.56 Å². The zero-order valence-corrected chi connectivity index (χ0v) is 19.5. The molecule has 4 aromatic rings. The third-order valence-corrected chi connectivity index (χ3v) is 9.04. The Morgan fingerprint density at radius 3 is 2.84 bits per heavy atom. The maximum atomic E-state index is 13.7. The van der Waals surface area contributed by atoms with Crippen LogP contribution >= 0.6 is 23.1 Å². The number of aromatic nitrogens is 3. The number of hydrogen-bond acceptors (Lipinski definition) is 5. The van der Waals surface area contributed by atoms with E-state index in [1.807, 2.05) is 28.8 Å². The Balaban J connectivity index is 1.39. The van der Waals surface area contributed by atoms with Crippen molar-refractivity contribution in [3.05, 3.63) is 56.8 Å². The van der Waals surface area contributed by atoms with Crippen molar-refractivity contribution in [3.63, 3.8) is 0 Å². The quantitative estimate of drug-likeness (QED) is 0.227. The number of fused-ring (bicyclic) bond motifs is 4. The van der Waals surface area contributed by atoms with Crippen LogP contribution in [0.2, 0.25) is 0 Å². The van der Waals surface area contributed by atoms with E-state index in [0.717, 1.165) is 66.1 Å². The summed E-state index contributed by atoms with van der Waals surface area (Å²) in [5.41, 5.74) is 3.03. The van der Waals surface area contributed by atoms with Gasteiger partial charge in [-0.2, -0.15) is 0 Å². The second-order valence-electron chi connectivity index (χ2n) is 8.86. The molecule has 0 spiro atoms. The molecule has 32 heavy (non-hydrogen) atoms. The molecule has 5 nitrogen and oxygen atoms in total. The van der Waals surface area contributed by atoms with E-state index in [4.69, 9.17) is 4.98 Å². The van der Waals surface area contributed by atoms with Gasteiger partial charge < -0.3 is 4.98 Å². The van der Waals surface area contributed by atoms with Gasteiger partial charge in [-0.1, -0.05) is 42.8 Å². The lowest BCUT2D eigenvalue weighted by Gasteiger charge is -2.18. The lowest BCUT2D eigenvalue weighted by atomic mass is 9.97. The molecule has 3 aromatic heterocycles. The summed E-state index contributed by atoms with van der Waals surface area (Å²) in [5, 5.41) is 2.51. The minimum absolute atomic E-state index is 0.0604. The first-order chi connectivity index (χ1) is 15.7. The van der Waals surface area contributed by atoms with Gasteiger partial charge in [0.1, 0.15) is 4.83 Å². The van der Waals surface area contributed by atoms with Crippen LogP contribution in [-0.2, 0) is 12.8 Å². The molecule has 6 rings (SSSR count). The minimum Gasteiger partial charge on any atom is -0.360 e. The summed E-state index contributed by atoms with van der Waals surface area (Å²) in [4.78, 5) is 37.2. The Labute approximate surface area is 194 Å². The van der Waals surface area contributed by atoms with Crippen LogP contribution in [0.3, 0.4) is 0 Å². The summed E-state index contributed by atoms with van der Waals surface area (Å²) >= 11 is 3.10. The number of para-hydroxylation sites is 1. The average molecular weight is 464 g/mol. The number of Topliss-reactive ketones (excluding diaryl/α,β-unsaturated/α-hetero) is 1. The van der Waals surface area contributed by atoms with Crippen molar-refractivity contribution in [2.24, 2.45) is 0 Å². The van der Waals surface area contributed by atoms with E-state index in [9.17, 15) is 9.59 Å². The summed E-state index contributed by atoms with van der Waals surface area (Å²) in [6.45, 7) is 0. The molecule has 1 N–H and O–H groups in total. The van der Waals surface area contributed by atoms with E-state index in [1.54, 1.807) is 17.5 Å². The molecule has 7 heteroatoms. The molecule has 0 saturated heterocycles. The van der Waals surface area contributed by atoms with E-state index < -0.39 is 0 Å². The van der Waals surface area contributed by atoms with Gasteiger partial charge in [0.15, 0.2) is 10.9 Å². The average Bonchev–Trinajstić information content (AvgIpc) is 3.55. The molecule has 164 valence electrons. The first-order valence-corrected chi connectivity index (χ1v) is 13.3. The zero-order valence-electron chi connectivity index (χ0n) is 17.9. The molecule has 2 aliphatic carbocycles. The number of nitrogens with one attached hydrogen (secondary N) is 1. The second-order valence-corrected chi connectivity index (χ2v) is 10.9. The fraction of sp³-hybridized carbons (Fsp3) is 0.400. The van der Waals surface area contributed by atoms with Gasteiger partial charge in [0, 0.05) is 33.6 Å². The van der Waals surface area contributed by atoms with Gasteiger partial charge in [-0.15, -0.1) is 11.3 Å². The van der Waals surface area contributed by atoms with Gasteiger partial charge in [0.25, 0.3) is 5.56 Å². The lowest BCUT2D eigenvalue weighted by Crippen LogP contribution is -2.27. The Hall–Kier alpha value is -2.38. The fourth-order valence-corrected chi connectivity index (χ4v) is 7.55. The maximum Gasteiger partial charge on any atom is 0.263 e. The van der Waals surface area contributed by atoms with Gasteiger partial charge >= 0.3 is 0 Å². The molecule has 0 unspecified atom stereocenters. The number of thioether (sulfide) groups is 1. The number of benzene rings is 1. The van der Waals surface area contributed by atoms with Crippen molar-refractivity contribution in [2.45, 2.75) is 62.6 Å². The number of aromatic amines is 1. The predicted molar refractivity (Wildman–Crippen MR) is 131 cm³/mol. The van der Waals surface area contributed by atoms with Crippen molar-refractivity contribution in [3.8, 4) is 0 Å². The van der Waals surface area contributed by atoms with Crippen LogP contribution in [0, 0.1) is 0 Å². The highest BCUT2D eigenvalue weighted by atomic mass is 32.2. The Morgan fingerprint density at radius 2 is 1.97 bits per heavy atom. The number of ketones is 1. The Kier molecular flexibility index (Phi) is 5.18. The topological polar surface area (TPSA) is 67.8 Å². The molecule has 1 aromatic carbocycles. The third kappa shape index (κ3) is 3.33. The molecule has 2 aliphatic rings. The van der Waals surface area contributed by atoms with E-state index >= 15 is 0 Å². The highest BCUT2D eigenvalue weighted by Crippen LogP contribution is 2.37. The smallest absolute Gasteiger partial charge is 0.263 e. The van der Waals surface area contributed by atoms with Gasteiger partial charge in [0.05, 0.1) is 11.1 Å². The molecule has 1 saturated carbocycles. The van der Waals surface area contributed by atoms with Crippen LogP contribution in [0.15, 0.2) is 40.4 Å². The standard InChI is InChI=1S/C25H25N3O2S2/c29-20(18-13-26-19-11-5-3-9-16(18)19)14-31-25-27-23-22(17-10-4-6-12-21(17)32-23)24(30)28(25)15-7-1-2-8-15/h3,5,9,11,13,15,26H,1-2,4,6-8,10,12,14H2. The van der Waals surface area contributed by atoms with Crippen LogP contribution in [0.25, 0.3) is 21.1 Å². The largest absolute Gasteiger partial charge is 0.360 e. The number of hydrogen-bond donors (Lipinski definition) is 1. The van der Waals surface area contributed by atoms with Crippen LogP contribution in [0.1, 0.15) is 65.4 Å². The number of rotatable bonds is 5. The van der Waals surface area contributed by atoms with Gasteiger partial charge in [-0.05, 0) is 50.2 Å². The number of aryl methyl sites for hydroxylation is 2. The van der Waals surface area contributed by atoms with Crippen molar-refractivity contribution >= 4 is 50.0 Å². The second kappa shape index (κ2) is 8.19. The SMILES string of the molecule is O=C(CSc1nc2sc3c(c2c(=O)n1C1CCCC1)CCCC3)c1c[nH]c2ccccc12. The predicted octanol–water partition coefficient (Wildman–Crippen LogP) is 5.91. The Bertz CT molecular complexity index is 1390. The number of H-pyrrole nitrogens is 1. The molecule has 0 amide bonds. The fourth-order valence-electron chi connectivity index (χ4n) is 5.30. The molecule has 3 heterocycles. The van der Waals surface area contributed by atoms with Gasteiger partial charge in [-0.3, -0.25) is 14.2 Å². The Morgan fingerprint density at radius 1 is 1.16 bits per heavy atom. The first-order valence-electron chi connectivity index (χ1n) is 11.5. The highest BCUT2D eigenvalue weighted by molar-refractivity contribution is 7.99. The molecular weight excluding hydrogens is 438 g/mol. The van der Waals surface area contributed by atoms with E-state index in [-0.39, 0.29) is 23.1 Å². The molecule has 0 aliphatic heterocycles. The minimum atomic E-state index is 0.0604. The molecule has 0 atom stereocenters. The monoisotopic (exact) mass is 463 g/mol. The summed E-state index contributed by atoms with van der Waals surface area (Å²) in [5.74, 6) is 0.336. The van der Waals surface area contributed by atoms with E-state index in [1.165, 1.54) is 28.6 Å². The summed E-state index contributed by atoms with van der Waals surface area (Å²) in [6, 6.07) is 8.06. The van der Waals surface area contributed by atoms with Crippen LogP contribution in [0.4, 0.5) is 0 Å². The normalized spacial score (nSPS) is 16.8. The number of nitrogens with zero attached hydrogens (tertiary/aromatic N) is 2. The van der Waals surface area contributed by atoms with Crippen molar-refractivity contribution in [2.75, 3.05) is 5.75 Å². The van der Waals surface area contributed by atoms with E-state index in [0.29, 0.717) is 10.7 Å². The molecular formula is C25H25N3O2S2. The van der Waals surface area contributed by atoms with Gasteiger partial charge in [0.2, 0.25) is 0 Å². The lowest BCUT2D eigenvalue weighted by molar-refractivity contribution is 0.102. The number of carbonyl (C=O) groups excluding carboxylic acids is 1. The van der Waals surface area contributed by atoms with Crippen LogP contribution in [0.5, 0.6) is 0 Å². The molecule has 0 radical (unpaired) electrons. The van der Waals surface area contributed by atoms with Crippen LogP contribution in [-0.4, -0.2) is 26.1 Å².